The normalized spacial score (nSPS) is 13.7. The monoisotopic (exact) mass is 736 g/mol. The van der Waals surface area contributed by atoms with Crippen LogP contribution < -0.4 is 20.9 Å². The molecule has 52 heavy (non-hydrogen) atoms. The quantitative estimate of drug-likeness (QED) is 0.0702. The molecule has 0 radical (unpaired) electrons. The molecular formula is C42H44N2O6S2. The van der Waals surface area contributed by atoms with Gasteiger partial charge in [0.2, 0.25) is 0 Å². The molecule has 2 heterocycles. The second kappa shape index (κ2) is 17.7. The van der Waals surface area contributed by atoms with Crippen molar-refractivity contribution in [2.75, 3.05) is 0 Å². The van der Waals surface area contributed by atoms with Crippen LogP contribution in [0.2, 0.25) is 0 Å². The van der Waals surface area contributed by atoms with Gasteiger partial charge in [-0.05, 0) is 58.6 Å². The number of carbonyl (C=O) groups excluding carboxylic acids is 2. The van der Waals surface area contributed by atoms with Crippen molar-refractivity contribution in [2.24, 2.45) is 11.5 Å². The van der Waals surface area contributed by atoms with Gasteiger partial charge in [0.15, 0.2) is 12.5 Å². The van der Waals surface area contributed by atoms with E-state index in [1.807, 2.05) is 84.9 Å². The summed E-state index contributed by atoms with van der Waals surface area (Å²) >= 11 is 3.31. The first-order valence-electron chi connectivity index (χ1n) is 17.6. The molecule has 2 aromatic heterocycles. The number of benzene rings is 4. The lowest BCUT2D eigenvalue weighted by atomic mass is 10.1. The number of nitrogens with two attached hydrogens (primary N) is 2. The molecule has 270 valence electrons. The minimum atomic E-state index is -0.957. The lowest BCUT2D eigenvalue weighted by molar-refractivity contribution is -0.157. The Morgan fingerprint density at radius 2 is 1.00 bits per heavy atom. The summed E-state index contributed by atoms with van der Waals surface area (Å²) in [7, 11) is 0. The molecule has 4 atom stereocenters. The molecule has 10 heteroatoms. The SMILES string of the molecule is CCc1cc(C(CC(N)OC(=O)CCC(=O)OC(N)CC(Oc2cccc3ccccc23)c2csc(CC)c2)Oc2cccc3ccccc23)cs1. The van der Waals surface area contributed by atoms with Crippen molar-refractivity contribution in [3.05, 3.63) is 129 Å². The topological polar surface area (TPSA) is 123 Å². The van der Waals surface area contributed by atoms with Crippen LogP contribution in [0, 0.1) is 0 Å². The summed E-state index contributed by atoms with van der Waals surface area (Å²) in [5, 5.41) is 8.20. The lowest BCUT2D eigenvalue weighted by Crippen LogP contribution is -2.32. The number of esters is 2. The molecule has 8 nitrogen and oxygen atoms in total. The first kappa shape index (κ1) is 37.0. The summed E-state index contributed by atoms with van der Waals surface area (Å²) in [5.41, 5.74) is 14.6. The van der Waals surface area contributed by atoms with E-state index in [2.05, 4.69) is 36.7 Å². The van der Waals surface area contributed by atoms with Gasteiger partial charge >= 0.3 is 11.9 Å². The Kier molecular flexibility index (Phi) is 12.6. The van der Waals surface area contributed by atoms with Gasteiger partial charge in [-0.2, -0.15) is 0 Å². The van der Waals surface area contributed by atoms with E-state index in [9.17, 15) is 9.59 Å². The Labute approximate surface area is 312 Å². The van der Waals surface area contributed by atoms with Crippen LogP contribution in [0.15, 0.2) is 108 Å². The second-order valence-electron chi connectivity index (χ2n) is 12.6. The van der Waals surface area contributed by atoms with E-state index in [0.717, 1.165) is 57.0 Å². The maximum atomic E-state index is 12.9. The summed E-state index contributed by atoms with van der Waals surface area (Å²) < 4.78 is 24.2. The first-order chi connectivity index (χ1) is 25.3. The average Bonchev–Trinajstić information content (AvgIpc) is 3.84. The number of carbonyl (C=O) groups is 2. The highest BCUT2D eigenvalue weighted by atomic mass is 32.1. The Hall–Kier alpha value is -4.74. The van der Waals surface area contributed by atoms with Gasteiger partial charge in [-0.25, -0.2) is 0 Å². The molecule has 0 bridgehead atoms. The van der Waals surface area contributed by atoms with Gasteiger partial charge in [-0.1, -0.05) is 86.6 Å². The molecule has 0 aliphatic heterocycles. The second-order valence-corrected chi connectivity index (χ2v) is 14.6. The van der Waals surface area contributed by atoms with Gasteiger partial charge in [0.1, 0.15) is 23.7 Å². The zero-order chi connectivity index (χ0) is 36.5. The van der Waals surface area contributed by atoms with Crippen LogP contribution in [-0.2, 0) is 31.9 Å². The van der Waals surface area contributed by atoms with Gasteiger partial charge < -0.3 is 18.9 Å². The highest BCUT2D eigenvalue weighted by Crippen LogP contribution is 2.35. The molecule has 6 rings (SSSR count). The zero-order valence-corrected chi connectivity index (χ0v) is 31.0. The van der Waals surface area contributed by atoms with E-state index < -0.39 is 36.6 Å². The molecule has 0 fully saturated rings. The maximum absolute atomic E-state index is 12.9. The van der Waals surface area contributed by atoms with Crippen LogP contribution in [-0.4, -0.2) is 24.4 Å². The van der Waals surface area contributed by atoms with E-state index in [1.54, 1.807) is 22.7 Å². The van der Waals surface area contributed by atoms with Crippen LogP contribution >= 0.6 is 22.7 Å². The number of aryl methyl sites for hydroxylation is 2. The summed E-state index contributed by atoms with van der Waals surface area (Å²) in [5.74, 6) is 0.229. The van der Waals surface area contributed by atoms with Crippen molar-refractivity contribution >= 4 is 56.2 Å². The molecule has 4 aromatic carbocycles. The van der Waals surface area contributed by atoms with Crippen LogP contribution in [0.25, 0.3) is 21.5 Å². The zero-order valence-electron chi connectivity index (χ0n) is 29.4. The van der Waals surface area contributed by atoms with E-state index in [0.29, 0.717) is 0 Å². The standard InChI is InChI=1S/C42H44N2O6S2/c1-3-31-21-29(25-51-31)37(47-35-17-9-13-27-11-5-7-15-33(27)35)23-39(43)49-41(45)19-20-42(46)50-40(44)24-38(30-22-32(4-2)52-26-30)48-36-18-10-14-28-12-6-8-16-34(28)36/h5-18,21-22,25-26,37-40H,3-4,19-20,23-24,43-44H2,1-2H3. The predicted molar refractivity (Wildman–Crippen MR) is 209 cm³/mol. The third-order valence-corrected chi connectivity index (χ3v) is 11.0. The maximum Gasteiger partial charge on any atom is 0.307 e. The molecule has 0 saturated carbocycles. The van der Waals surface area contributed by atoms with Crippen molar-refractivity contribution in [3.63, 3.8) is 0 Å². The van der Waals surface area contributed by atoms with Crippen molar-refractivity contribution < 1.29 is 28.5 Å². The molecule has 0 spiro atoms. The largest absolute Gasteiger partial charge is 0.485 e. The van der Waals surface area contributed by atoms with Gasteiger partial charge in [0.25, 0.3) is 0 Å². The third kappa shape index (κ3) is 9.57. The Morgan fingerprint density at radius 1 is 0.596 bits per heavy atom. The Balaban J connectivity index is 1.04. The minimum Gasteiger partial charge on any atom is -0.485 e. The van der Waals surface area contributed by atoms with E-state index >= 15 is 0 Å². The number of hydrogen-bond donors (Lipinski definition) is 2. The van der Waals surface area contributed by atoms with E-state index in [-0.39, 0.29) is 25.7 Å². The molecule has 4 N–H and O–H groups in total. The molecule has 0 aliphatic rings. The molecular weight excluding hydrogens is 693 g/mol. The average molecular weight is 737 g/mol. The van der Waals surface area contributed by atoms with Gasteiger partial charge in [-0.15, -0.1) is 22.7 Å². The van der Waals surface area contributed by atoms with E-state index in [1.165, 1.54) is 9.75 Å². The highest BCUT2D eigenvalue weighted by molar-refractivity contribution is 7.10. The predicted octanol–water partition coefficient (Wildman–Crippen LogP) is 9.40. The highest BCUT2D eigenvalue weighted by Gasteiger charge is 2.25. The summed E-state index contributed by atoms with van der Waals surface area (Å²) in [6.07, 6.45) is -0.962. The fourth-order valence-electron chi connectivity index (χ4n) is 6.09. The molecule has 4 unspecified atom stereocenters. The Bertz CT molecular complexity index is 1950. The fourth-order valence-corrected chi connectivity index (χ4v) is 7.85. The van der Waals surface area contributed by atoms with Crippen molar-refractivity contribution in [3.8, 4) is 11.5 Å². The molecule has 0 saturated heterocycles. The fraction of sp³-hybridized carbons (Fsp3) is 0.286. The van der Waals surface area contributed by atoms with Crippen LogP contribution in [0.5, 0.6) is 11.5 Å². The number of hydrogen-bond acceptors (Lipinski definition) is 10. The van der Waals surface area contributed by atoms with Gasteiger partial charge in [0.05, 0.1) is 12.8 Å². The summed E-state index contributed by atoms with van der Waals surface area (Å²) in [6.45, 7) is 4.21. The summed E-state index contributed by atoms with van der Waals surface area (Å²) in [4.78, 5) is 28.1. The number of fused-ring (bicyclic) bond motifs is 2. The van der Waals surface area contributed by atoms with Crippen molar-refractivity contribution in [1.29, 1.82) is 0 Å². The van der Waals surface area contributed by atoms with Crippen LogP contribution in [0.4, 0.5) is 0 Å². The molecule has 0 amide bonds. The molecule has 0 aliphatic carbocycles. The van der Waals surface area contributed by atoms with Crippen LogP contribution in [0.3, 0.4) is 0 Å². The summed E-state index contributed by atoms with van der Waals surface area (Å²) in [6, 6.07) is 32.0. The van der Waals surface area contributed by atoms with Crippen molar-refractivity contribution in [1.82, 2.24) is 0 Å². The smallest absolute Gasteiger partial charge is 0.307 e. The van der Waals surface area contributed by atoms with Crippen LogP contribution in [0.1, 0.15) is 72.6 Å². The third-order valence-electron chi connectivity index (χ3n) is 8.82. The van der Waals surface area contributed by atoms with E-state index in [4.69, 9.17) is 30.4 Å². The van der Waals surface area contributed by atoms with Gasteiger partial charge in [0, 0.05) is 44.5 Å². The first-order valence-corrected chi connectivity index (χ1v) is 19.4. The minimum absolute atomic E-state index is 0.202. The number of ether oxygens (including phenoxy) is 4. The molecule has 6 aromatic rings. The van der Waals surface area contributed by atoms with Crippen molar-refractivity contribution in [2.45, 2.75) is 77.0 Å². The lowest BCUT2D eigenvalue weighted by Gasteiger charge is -2.23. The van der Waals surface area contributed by atoms with Gasteiger partial charge in [-0.3, -0.25) is 21.1 Å². The number of rotatable bonds is 17. The Morgan fingerprint density at radius 3 is 1.40 bits per heavy atom. The number of thiophene rings is 2.